The van der Waals surface area contributed by atoms with Crippen molar-refractivity contribution in [3.8, 4) is 17.2 Å². The monoisotopic (exact) mass is 445 g/mol. The van der Waals surface area contributed by atoms with Gasteiger partial charge in [-0.25, -0.2) is 0 Å². The number of rotatable bonds is 13. The highest BCUT2D eigenvalue weighted by Gasteiger charge is 2.20. The van der Waals surface area contributed by atoms with Crippen molar-refractivity contribution in [1.82, 2.24) is 15.2 Å². The smallest absolute Gasteiger partial charge is 0.161 e. The minimum Gasteiger partial charge on any atom is -0.493 e. The van der Waals surface area contributed by atoms with E-state index in [9.17, 15) is 10.2 Å². The normalized spacial score (nSPS) is 16.0. The maximum Gasteiger partial charge on any atom is 0.161 e. The molecule has 3 N–H and O–H groups in total. The first-order valence-electron chi connectivity index (χ1n) is 11.3. The zero-order chi connectivity index (χ0) is 22.6. The molecule has 8 heteroatoms. The first kappa shape index (κ1) is 24.3. The van der Waals surface area contributed by atoms with E-state index in [1.165, 1.54) is 0 Å². The van der Waals surface area contributed by atoms with Gasteiger partial charge in [-0.2, -0.15) is 0 Å². The van der Waals surface area contributed by atoms with Crippen LogP contribution >= 0.6 is 0 Å². The highest BCUT2D eigenvalue weighted by Crippen LogP contribution is 2.28. The minimum atomic E-state index is -0.592. The zero-order valence-electron chi connectivity index (χ0n) is 18.8. The van der Waals surface area contributed by atoms with Crippen LogP contribution in [0.5, 0.6) is 17.2 Å². The molecule has 1 aromatic carbocycles. The molecule has 1 atom stereocenters. The van der Waals surface area contributed by atoms with Crippen LogP contribution in [0.25, 0.3) is 0 Å². The number of aliphatic hydroxyl groups is 2. The van der Waals surface area contributed by atoms with E-state index < -0.39 is 6.10 Å². The number of hydrogen-bond acceptors (Lipinski definition) is 8. The van der Waals surface area contributed by atoms with E-state index in [1.54, 1.807) is 19.5 Å². The second-order valence-corrected chi connectivity index (χ2v) is 8.05. The first-order chi connectivity index (χ1) is 15.6. The molecule has 1 fully saturated rings. The predicted octanol–water partition coefficient (Wildman–Crippen LogP) is 1.85. The molecule has 8 nitrogen and oxygen atoms in total. The van der Waals surface area contributed by atoms with Crippen LogP contribution in [0.4, 0.5) is 0 Å². The lowest BCUT2D eigenvalue weighted by atomic mass is 10.1. The highest BCUT2D eigenvalue weighted by molar-refractivity contribution is 5.43. The second kappa shape index (κ2) is 13.2. The zero-order valence-corrected chi connectivity index (χ0v) is 18.8. The van der Waals surface area contributed by atoms with Crippen LogP contribution in [-0.2, 0) is 6.54 Å². The molecule has 2 heterocycles. The number of methoxy groups -OCH3 is 1. The molecule has 0 saturated carbocycles. The second-order valence-electron chi connectivity index (χ2n) is 8.05. The van der Waals surface area contributed by atoms with Gasteiger partial charge in [-0.3, -0.25) is 4.98 Å². The predicted molar refractivity (Wildman–Crippen MR) is 122 cm³/mol. The Labute approximate surface area is 190 Å². The topological polar surface area (TPSA) is 96.3 Å². The number of aliphatic hydroxyl groups excluding tert-OH is 2. The molecule has 0 spiro atoms. The fourth-order valence-electron chi connectivity index (χ4n) is 3.63. The van der Waals surface area contributed by atoms with Crippen LogP contribution in [0.2, 0.25) is 0 Å². The Morgan fingerprint density at radius 2 is 2.03 bits per heavy atom. The van der Waals surface area contributed by atoms with Crippen molar-refractivity contribution < 1.29 is 24.4 Å². The van der Waals surface area contributed by atoms with E-state index in [4.69, 9.17) is 14.2 Å². The van der Waals surface area contributed by atoms with Crippen LogP contribution in [0.3, 0.4) is 0 Å². The summed E-state index contributed by atoms with van der Waals surface area (Å²) in [7, 11) is 1.62. The maximum atomic E-state index is 10.3. The Morgan fingerprint density at radius 3 is 2.78 bits per heavy atom. The molecule has 0 radical (unpaired) electrons. The molecule has 0 aliphatic carbocycles. The average molecular weight is 446 g/mol. The van der Waals surface area contributed by atoms with Gasteiger partial charge in [0.25, 0.3) is 0 Å². The number of nitrogens with zero attached hydrogens (tertiary/aromatic N) is 2. The van der Waals surface area contributed by atoms with Crippen molar-refractivity contribution in [2.24, 2.45) is 0 Å². The summed E-state index contributed by atoms with van der Waals surface area (Å²) >= 11 is 0. The molecule has 2 aromatic rings. The number of aromatic nitrogens is 1. The lowest BCUT2D eigenvalue weighted by Gasteiger charge is -2.30. The van der Waals surface area contributed by atoms with Gasteiger partial charge < -0.3 is 34.6 Å². The summed E-state index contributed by atoms with van der Waals surface area (Å²) in [5.74, 6) is 2.06. The van der Waals surface area contributed by atoms with Crippen LogP contribution in [0.15, 0.2) is 42.7 Å². The summed E-state index contributed by atoms with van der Waals surface area (Å²) in [6.07, 6.45) is 5.04. The standard InChI is InChI=1S/C24H35N3O5/c1-30-24-14-19(15-25-10-3-13-31-22-4-2-9-26-16-22)5-6-23(24)32-18-21(29)17-27-11-7-20(28)8-12-27/h2,4-6,9,14,16,20-21,25,28-29H,3,7-8,10-13,15,17-18H2,1H3/t21-/m1/s1. The van der Waals surface area contributed by atoms with Crippen LogP contribution < -0.4 is 19.5 Å². The van der Waals surface area contributed by atoms with Crippen LogP contribution in [0.1, 0.15) is 24.8 Å². The molecule has 3 rings (SSSR count). The maximum absolute atomic E-state index is 10.3. The Morgan fingerprint density at radius 1 is 1.19 bits per heavy atom. The van der Waals surface area contributed by atoms with Crippen LogP contribution in [0, 0.1) is 0 Å². The fourth-order valence-corrected chi connectivity index (χ4v) is 3.63. The van der Waals surface area contributed by atoms with Gasteiger partial charge in [0.05, 0.1) is 26.0 Å². The molecule has 0 bridgehead atoms. The quantitative estimate of drug-likeness (QED) is 0.402. The number of nitrogens with one attached hydrogen (secondary N) is 1. The Balaban J connectivity index is 1.35. The molecule has 1 saturated heterocycles. The third-order valence-corrected chi connectivity index (χ3v) is 5.42. The van der Waals surface area contributed by atoms with Gasteiger partial charge in [-0.15, -0.1) is 0 Å². The SMILES string of the molecule is COc1cc(CNCCCOc2cccnc2)ccc1OC[C@H](O)CN1CCC(O)CC1. The van der Waals surface area contributed by atoms with Gasteiger partial charge in [0.2, 0.25) is 0 Å². The third-order valence-electron chi connectivity index (χ3n) is 5.42. The molecule has 1 aliphatic heterocycles. The van der Waals surface area contributed by atoms with Gasteiger partial charge in [0, 0.05) is 32.4 Å². The minimum absolute atomic E-state index is 0.198. The molecular weight excluding hydrogens is 410 g/mol. The third kappa shape index (κ3) is 8.27. The number of β-amino-alcohol motifs (C(OH)–C–C–N with tert-alkyl or cyclic N) is 1. The van der Waals surface area contributed by atoms with Gasteiger partial charge >= 0.3 is 0 Å². The van der Waals surface area contributed by atoms with Crippen molar-refractivity contribution >= 4 is 0 Å². The van der Waals surface area contributed by atoms with Gasteiger partial charge in [0.1, 0.15) is 18.5 Å². The van der Waals surface area contributed by atoms with Gasteiger partial charge in [0.15, 0.2) is 11.5 Å². The Hall–Kier alpha value is -2.39. The number of benzene rings is 1. The molecule has 0 amide bonds. The lowest BCUT2D eigenvalue weighted by molar-refractivity contribution is 0.0333. The molecule has 32 heavy (non-hydrogen) atoms. The van der Waals surface area contributed by atoms with Crippen molar-refractivity contribution in [1.29, 1.82) is 0 Å². The number of hydrogen-bond donors (Lipinski definition) is 3. The largest absolute Gasteiger partial charge is 0.493 e. The lowest BCUT2D eigenvalue weighted by Crippen LogP contribution is -2.41. The van der Waals surface area contributed by atoms with Crippen molar-refractivity contribution in [2.45, 2.75) is 38.0 Å². The summed E-state index contributed by atoms with van der Waals surface area (Å²) in [6.45, 7) is 4.53. The number of ether oxygens (including phenoxy) is 3. The van der Waals surface area contributed by atoms with Gasteiger partial charge in [-0.1, -0.05) is 6.07 Å². The molecule has 1 aromatic heterocycles. The number of piperidine rings is 1. The van der Waals surface area contributed by atoms with Crippen molar-refractivity contribution in [3.63, 3.8) is 0 Å². The molecular formula is C24H35N3O5. The number of likely N-dealkylation sites (tertiary alicyclic amines) is 1. The molecule has 0 unspecified atom stereocenters. The van der Waals surface area contributed by atoms with Crippen LogP contribution in [-0.4, -0.2) is 78.8 Å². The van der Waals surface area contributed by atoms with Gasteiger partial charge in [-0.05, 0) is 55.6 Å². The Bertz CT molecular complexity index is 784. The molecule has 1 aliphatic rings. The van der Waals surface area contributed by atoms with E-state index in [0.717, 1.165) is 50.2 Å². The van der Waals surface area contributed by atoms with E-state index in [2.05, 4.69) is 15.2 Å². The first-order valence-corrected chi connectivity index (χ1v) is 11.3. The Kier molecular flexibility index (Phi) is 10.0. The average Bonchev–Trinajstić information content (AvgIpc) is 2.82. The van der Waals surface area contributed by atoms with E-state index in [-0.39, 0.29) is 12.7 Å². The van der Waals surface area contributed by atoms with E-state index >= 15 is 0 Å². The summed E-state index contributed by atoms with van der Waals surface area (Å²) in [5.41, 5.74) is 1.09. The van der Waals surface area contributed by atoms with E-state index in [0.29, 0.717) is 31.2 Å². The highest BCUT2D eigenvalue weighted by atomic mass is 16.5. The number of pyridine rings is 1. The van der Waals surface area contributed by atoms with Crippen molar-refractivity contribution in [3.05, 3.63) is 48.3 Å². The summed E-state index contributed by atoms with van der Waals surface area (Å²) in [5, 5.41) is 23.3. The molecule has 176 valence electrons. The van der Waals surface area contributed by atoms with Crippen molar-refractivity contribution in [2.75, 3.05) is 46.5 Å². The summed E-state index contributed by atoms with van der Waals surface area (Å²) < 4.78 is 16.9. The van der Waals surface area contributed by atoms with E-state index in [1.807, 2.05) is 30.3 Å². The fraction of sp³-hybridized carbons (Fsp3) is 0.542. The summed E-state index contributed by atoms with van der Waals surface area (Å²) in [6, 6.07) is 9.58. The summed E-state index contributed by atoms with van der Waals surface area (Å²) in [4.78, 5) is 6.19.